The van der Waals surface area contributed by atoms with Crippen molar-refractivity contribution in [1.82, 2.24) is 10.3 Å². The molecule has 86 valence electrons. The number of likely N-dealkylation sites (N-methyl/N-ethyl adjacent to an activating group) is 2. The van der Waals surface area contributed by atoms with E-state index in [2.05, 4.69) is 10.3 Å². The predicted octanol–water partition coefficient (Wildman–Crippen LogP) is -0.102. The van der Waals surface area contributed by atoms with E-state index in [9.17, 15) is 4.79 Å². The zero-order valence-electron chi connectivity index (χ0n) is 9.23. The van der Waals surface area contributed by atoms with Crippen LogP contribution < -0.4 is 16.0 Å². The lowest BCUT2D eigenvalue weighted by Gasteiger charge is -2.17. The van der Waals surface area contributed by atoms with Crippen LogP contribution in [0.5, 0.6) is 0 Å². The molecule has 0 aliphatic heterocycles. The number of aromatic nitrogens is 1. The summed E-state index contributed by atoms with van der Waals surface area (Å²) in [4.78, 5) is 17.3. The van der Waals surface area contributed by atoms with Gasteiger partial charge in [0.15, 0.2) is 0 Å². The van der Waals surface area contributed by atoms with Crippen molar-refractivity contribution in [3.8, 4) is 0 Å². The van der Waals surface area contributed by atoms with Crippen molar-refractivity contribution in [3.63, 3.8) is 0 Å². The molecular weight excluding hydrogens is 224 g/mol. The van der Waals surface area contributed by atoms with Gasteiger partial charge in [0.1, 0.15) is 4.99 Å². The molecule has 0 atom stereocenters. The van der Waals surface area contributed by atoms with E-state index >= 15 is 0 Å². The Labute approximate surface area is 99.6 Å². The lowest BCUT2D eigenvalue weighted by Crippen LogP contribution is -2.33. The highest BCUT2D eigenvalue weighted by atomic mass is 32.1. The number of nitrogens with two attached hydrogens (primary N) is 1. The fraction of sp³-hybridized carbons (Fsp3) is 0.300. The molecule has 16 heavy (non-hydrogen) atoms. The molecule has 1 rings (SSSR count). The van der Waals surface area contributed by atoms with Crippen molar-refractivity contribution < 1.29 is 4.79 Å². The van der Waals surface area contributed by atoms with Crippen molar-refractivity contribution in [2.24, 2.45) is 5.73 Å². The molecule has 0 aliphatic rings. The summed E-state index contributed by atoms with van der Waals surface area (Å²) in [6.45, 7) is 0.282. The second-order valence-corrected chi connectivity index (χ2v) is 3.73. The van der Waals surface area contributed by atoms with E-state index in [0.717, 1.165) is 5.69 Å². The second-order valence-electron chi connectivity index (χ2n) is 3.30. The summed E-state index contributed by atoms with van der Waals surface area (Å²) < 4.78 is 0. The molecule has 0 fully saturated rings. The highest BCUT2D eigenvalue weighted by Crippen LogP contribution is 2.10. The summed E-state index contributed by atoms with van der Waals surface area (Å²) in [7, 11) is 3.41. The van der Waals surface area contributed by atoms with Crippen molar-refractivity contribution in [1.29, 1.82) is 0 Å². The standard InChI is InChI=1S/C10H14N4OS/c1-12-9(15)6-14(2)7-3-4-8(10(11)16)13-5-7/h3-5H,6H2,1-2H3,(H2,11,16)(H,12,15). The van der Waals surface area contributed by atoms with E-state index in [0.29, 0.717) is 5.69 Å². The van der Waals surface area contributed by atoms with Crippen LogP contribution in [0.1, 0.15) is 5.69 Å². The normalized spacial score (nSPS) is 9.62. The van der Waals surface area contributed by atoms with Crippen LogP contribution in [-0.2, 0) is 4.79 Å². The van der Waals surface area contributed by atoms with Gasteiger partial charge in [-0.2, -0.15) is 0 Å². The molecule has 1 amide bonds. The molecule has 0 bridgehead atoms. The van der Waals surface area contributed by atoms with Crippen LogP contribution in [0.4, 0.5) is 5.69 Å². The van der Waals surface area contributed by atoms with Crippen LogP contribution in [0.15, 0.2) is 18.3 Å². The molecule has 1 aromatic heterocycles. The van der Waals surface area contributed by atoms with E-state index in [-0.39, 0.29) is 17.4 Å². The van der Waals surface area contributed by atoms with Crippen molar-refractivity contribution in [3.05, 3.63) is 24.0 Å². The first kappa shape index (κ1) is 12.4. The van der Waals surface area contributed by atoms with Crippen LogP contribution in [0, 0.1) is 0 Å². The van der Waals surface area contributed by atoms with E-state index < -0.39 is 0 Å². The van der Waals surface area contributed by atoms with Crippen LogP contribution >= 0.6 is 12.2 Å². The lowest BCUT2D eigenvalue weighted by atomic mass is 10.3. The number of amides is 1. The molecule has 5 nitrogen and oxygen atoms in total. The van der Waals surface area contributed by atoms with Crippen LogP contribution in [-0.4, -0.2) is 36.5 Å². The van der Waals surface area contributed by atoms with Crippen molar-refractivity contribution in [2.75, 3.05) is 25.5 Å². The number of carbonyl (C=O) groups excluding carboxylic acids is 1. The maximum absolute atomic E-state index is 11.2. The Kier molecular flexibility index (Phi) is 4.19. The van der Waals surface area contributed by atoms with Gasteiger partial charge in [0.05, 0.1) is 24.1 Å². The Morgan fingerprint density at radius 1 is 1.62 bits per heavy atom. The molecule has 0 spiro atoms. The minimum Gasteiger partial charge on any atom is -0.388 e. The van der Waals surface area contributed by atoms with Gasteiger partial charge in [-0.1, -0.05) is 12.2 Å². The molecule has 0 aliphatic carbocycles. The van der Waals surface area contributed by atoms with Crippen LogP contribution in [0.2, 0.25) is 0 Å². The van der Waals surface area contributed by atoms with Gasteiger partial charge in [-0.3, -0.25) is 9.78 Å². The smallest absolute Gasteiger partial charge is 0.239 e. The largest absolute Gasteiger partial charge is 0.388 e. The number of nitrogens with zero attached hydrogens (tertiary/aromatic N) is 2. The van der Waals surface area contributed by atoms with Crippen LogP contribution in [0.3, 0.4) is 0 Å². The quantitative estimate of drug-likeness (QED) is 0.717. The summed E-state index contributed by atoms with van der Waals surface area (Å²) in [5.41, 5.74) is 6.85. The number of rotatable bonds is 4. The third-order valence-electron chi connectivity index (χ3n) is 2.10. The molecule has 0 unspecified atom stereocenters. The monoisotopic (exact) mass is 238 g/mol. The Morgan fingerprint density at radius 2 is 2.31 bits per heavy atom. The predicted molar refractivity (Wildman–Crippen MR) is 67.5 cm³/mol. The fourth-order valence-corrected chi connectivity index (χ4v) is 1.26. The first-order chi connectivity index (χ1) is 7.54. The summed E-state index contributed by atoms with van der Waals surface area (Å²) in [6.07, 6.45) is 1.64. The molecule has 0 saturated carbocycles. The van der Waals surface area contributed by atoms with Gasteiger partial charge in [-0.25, -0.2) is 0 Å². The summed E-state index contributed by atoms with van der Waals surface area (Å²) in [6, 6.07) is 3.56. The van der Waals surface area contributed by atoms with Crippen LogP contribution in [0.25, 0.3) is 0 Å². The topological polar surface area (TPSA) is 71.2 Å². The molecule has 0 radical (unpaired) electrons. The average Bonchev–Trinajstić information content (AvgIpc) is 2.28. The number of pyridine rings is 1. The lowest BCUT2D eigenvalue weighted by molar-refractivity contribution is -0.119. The third-order valence-corrected chi connectivity index (χ3v) is 2.31. The van der Waals surface area contributed by atoms with E-state index in [1.54, 1.807) is 24.2 Å². The maximum atomic E-state index is 11.2. The fourth-order valence-electron chi connectivity index (χ4n) is 1.14. The molecule has 1 aromatic rings. The number of hydrogen-bond acceptors (Lipinski definition) is 4. The summed E-state index contributed by atoms with van der Waals surface area (Å²) in [5, 5.41) is 2.55. The zero-order chi connectivity index (χ0) is 12.1. The number of nitrogens with one attached hydrogen (secondary N) is 1. The van der Waals surface area contributed by atoms with Gasteiger partial charge >= 0.3 is 0 Å². The van der Waals surface area contributed by atoms with Gasteiger partial charge in [0.2, 0.25) is 5.91 Å². The number of thiocarbonyl (C=S) groups is 1. The van der Waals surface area contributed by atoms with Crippen molar-refractivity contribution >= 4 is 28.8 Å². The zero-order valence-corrected chi connectivity index (χ0v) is 10.0. The van der Waals surface area contributed by atoms with Gasteiger partial charge in [-0.05, 0) is 12.1 Å². The number of hydrogen-bond donors (Lipinski definition) is 2. The van der Waals surface area contributed by atoms with Gasteiger partial charge < -0.3 is 16.0 Å². The highest BCUT2D eigenvalue weighted by molar-refractivity contribution is 7.80. The average molecular weight is 238 g/mol. The Bertz CT molecular complexity index is 390. The second kappa shape index (κ2) is 5.41. The highest BCUT2D eigenvalue weighted by Gasteiger charge is 2.06. The molecule has 0 aromatic carbocycles. The number of anilines is 1. The summed E-state index contributed by atoms with van der Waals surface area (Å²) in [5.74, 6) is -0.0547. The first-order valence-electron chi connectivity index (χ1n) is 4.72. The van der Waals surface area contributed by atoms with Gasteiger partial charge in [0.25, 0.3) is 0 Å². The molecule has 3 N–H and O–H groups in total. The maximum Gasteiger partial charge on any atom is 0.239 e. The molecule has 6 heteroatoms. The van der Waals surface area contributed by atoms with E-state index in [1.807, 2.05) is 13.1 Å². The SMILES string of the molecule is CNC(=O)CN(C)c1ccc(C(N)=S)nc1. The Morgan fingerprint density at radius 3 is 2.75 bits per heavy atom. The minimum atomic E-state index is -0.0547. The molecule has 0 saturated heterocycles. The Balaban J connectivity index is 2.73. The summed E-state index contributed by atoms with van der Waals surface area (Å²) >= 11 is 4.80. The van der Waals surface area contributed by atoms with Gasteiger partial charge in [0, 0.05) is 14.1 Å². The Hall–Kier alpha value is -1.69. The first-order valence-corrected chi connectivity index (χ1v) is 5.13. The van der Waals surface area contributed by atoms with E-state index in [4.69, 9.17) is 18.0 Å². The van der Waals surface area contributed by atoms with Crippen molar-refractivity contribution in [2.45, 2.75) is 0 Å². The third kappa shape index (κ3) is 3.16. The van der Waals surface area contributed by atoms with Gasteiger partial charge in [-0.15, -0.1) is 0 Å². The van der Waals surface area contributed by atoms with E-state index in [1.165, 1.54) is 0 Å². The molecule has 1 heterocycles. The molecular formula is C10H14N4OS. The minimum absolute atomic E-state index is 0.0547. The number of carbonyl (C=O) groups is 1.